The molecule has 0 aliphatic carbocycles. The van der Waals surface area contributed by atoms with E-state index in [1.54, 1.807) is 0 Å². The Morgan fingerprint density at radius 2 is 2.09 bits per heavy atom. The molecule has 124 valence electrons. The summed E-state index contributed by atoms with van der Waals surface area (Å²) in [6.45, 7) is 3.78. The van der Waals surface area contributed by atoms with Crippen molar-refractivity contribution >= 4 is 23.2 Å². The highest BCUT2D eigenvalue weighted by molar-refractivity contribution is 7.10. The van der Waals surface area contributed by atoms with Crippen molar-refractivity contribution < 1.29 is 9.59 Å². The highest BCUT2D eigenvalue weighted by Gasteiger charge is 2.52. The number of thiophene rings is 1. The van der Waals surface area contributed by atoms with E-state index in [1.165, 1.54) is 4.88 Å². The smallest absolute Gasteiger partial charge is 0.228 e. The SMILES string of the molecule is O=C1CC2(CNC2)C(C(=O)N2CCC(c3cccs3)CC2)CN1. The fraction of sp³-hybridized carbons (Fsp3) is 0.647. The lowest BCUT2D eigenvalue weighted by Crippen LogP contribution is -2.67. The molecule has 1 aromatic heterocycles. The first-order chi connectivity index (χ1) is 11.2. The van der Waals surface area contributed by atoms with Gasteiger partial charge in [0.05, 0.1) is 5.92 Å². The number of hydrogen-bond acceptors (Lipinski definition) is 4. The summed E-state index contributed by atoms with van der Waals surface area (Å²) in [5, 5.41) is 8.28. The first-order valence-corrected chi connectivity index (χ1v) is 9.35. The first-order valence-electron chi connectivity index (χ1n) is 8.48. The average Bonchev–Trinajstić information content (AvgIpc) is 3.07. The number of nitrogens with zero attached hydrogens (tertiary/aromatic N) is 1. The molecule has 0 saturated carbocycles. The molecule has 0 aromatic carbocycles. The van der Waals surface area contributed by atoms with Crippen molar-refractivity contribution in [2.75, 3.05) is 32.7 Å². The molecule has 3 aliphatic heterocycles. The van der Waals surface area contributed by atoms with Gasteiger partial charge in [0, 0.05) is 49.4 Å². The second kappa shape index (κ2) is 5.91. The minimum absolute atomic E-state index is 0.0558. The van der Waals surface area contributed by atoms with E-state index < -0.39 is 0 Å². The molecule has 1 unspecified atom stereocenters. The second-order valence-corrected chi connectivity index (χ2v) is 8.09. The molecule has 23 heavy (non-hydrogen) atoms. The monoisotopic (exact) mass is 333 g/mol. The Morgan fingerprint density at radius 3 is 2.70 bits per heavy atom. The van der Waals surface area contributed by atoms with Crippen molar-refractivity contribution in [1.82, 2.24) is 15.5 Å². The van der Waals surface area contributed by atoms with Crippen LogP contribution in [0.3, 0.4) is 0 Å². The van der Waals surface area contributed by atoms with Crippen LogP contribution in [0.5, 0.6) is 0 Å². The van der Waals surface area contributed by atoms with Crippen molar-refractivity contribution in [1.29, 1.82) is 0 Å². The third-order valence-corrected chi connectivity index (χ3v) is 6.79. The fourth-order valence-corrected chi connectivity index (χ4v) is 5.13. The van der Waals surface area contributed by atoms with E-state index in [0.29, 0.717) is 18.9 Å². The number of carbonyl (C=O) groups excluding carboxylic acids is 2. The van der Waals surface area contributed by atoms with Crippen LogP contribution in [0.1, 0.15) is 30.1 Å². The summed E-state index contributed by atoms with van der Waals surface area (Å²) in [7, 11) is 0. The minimum Gasteiger partial charge on any atom is -0.355 e. The van der Waals surface area contributed by atoms with Crippen molar-refractivity contribution in [3.63, 3.8) is 0 Å². The lowest BCUT2D eigenvalue weighted by atomic mass is 9.65. The second-order valence-electron chi connectivity index (χ2n) is 7.11. The highest BCUT2D eigenvalue weighted by Crippen LogP contribution is 2.40. The van der Waals surface area contributed by atoms with Gasteiger partial charge in [0.15, 0.2) is 0 Å². The summed E-state index contributed by atoms with van der Waals surface area (Å²) < 4.78 is 0. The van der Waals surface area contributed by atoms with Crippen LogP contribution < -0.4 is 10.6 Å². The predicted octanol–water partition coefficient (Wildman–Crippen LogP) is 1.18. The highest BCUT2D eigenvalue weighted by atomic mass is 32.1. The Kier molecular flexibility index (Phi) is 3.89. The molecular weight excluding hydrogens is 310 g/mol. The third kappa shape index (κ3) is 2.68. The van der Waals surface area contributed by atoms with Crippen molar-refractivity contribution in [3.05, 3.63) is 22.4 Å². The number of likely N-dealkylation sites (tertiary alicyclic amines) is 1. The van der Waals surface area contributed by atoms with Gasteiger partial charge < -0.3 is 15.5 Å². The van der Waals surface area contributed by atoms with E-state index in [2.05, 4.69) is 28.1 Å². The lowest BCUT2D eigenvalue weighted by Gasteiger charge is -2.51. The van der Waals surface area contributed by atoms with Crippen molar-refractivity contribution in [2.24, 2.45) is 11.3 Å². The summed E-state index contributed by atoms with van der Waals surface area (Å²) in [6, 6.07) is 4.31. The van der Waals surface area contributed by atoms with Gasteiger partial charge in [0.25, 0.3) is 0 Å². The maximum Gasteiger partial charge on any atom is 0.228 e. The molecule has 2 amide bonds. The Bertz CT molecular complexity index is 589. The molecule has 0 bridgehead atoms. The van der Waals surface area contributed by atoms with Gasteiger partial charge in [-0.3, -0.25) is 9.59 Å². The Labute approximate surface area is 140 Å². The zero-order chi connectivity index (χ0) is 15.9. The Hall–Kier alpha value is -1.40. The minimum atomic E-state index is -0.135. The number of hydrogen-bond donors (Lipinski definition) is 2. The number of carbonyl (C=O) groups is 2. The molecule has 1 spiro atoms. The van der Waals surface area contributed by atoms with Gasteiger partial charge >= 0.3 is 0 Å². The lowest BCUT2D eigenvalue weighted by molar-refractivity contribution is -0.148. The molecule has 6 heteroatoms. The van der Waals surface area contributed by atoms with Gasteiger partial charge in [0.2, 0.25) is 11.8 Å². The van der Waals surface area contributed by atoms with E-state index in [9.17, 15) is 9.59 Å². The summed E-state index contributed by atoms with van der Waals surface area (Å²) >= 11 is 1.82. The zero-order valence-corrected chi connectivity index (χ0v) is 14.0. The third-order valence-electron chi connectivity index (χ3n) is 5.76. The quantitative estimate of drug-likeness (QED) is 0.854. The van der Waals surface area contributed by atoms with E-state index in [1.807, 2.05) is 16.2 Å². The van der Waals surface area contributed by atoms with Gasteiger partial charge in [-0.15, -0.1) is 11.3 Å². The summed E-state index contributed by atoms with van der Waals surface area (Å²) in [5.41, 5.74) is -0.135. The zero-order valence-electron chi connectivity index (χ0n) is 13.2. The molecule has 3 saturated heterocycles. The summed E-state index contributed by atoms with van der Waals surface area (Å²) in [6.07, 6.45) is 2.59. The van der Waals surface area contributed by atoms with Crippen LogP contribution in [0.15, 0.2) is 17.5 Å². The molecule has 3 fully saturated rings. The van der Waals surface area contributed by atoms with Gasteiger partial charge in [-0.05, 0) is 30.2 Å². The summed E-state index contributed by atoms with van der Waals surface area (Å²) in [4.78, 5) is 28.2. The summed E-state index contributed by atoms with van der Waals surface area (Å²) in [5.74, 6) is 0.882. The Morgan fingerprint density at radius 1 is 1.30 bits per heavy atom. The molecule has 2 N–H and O–H groups in total. The van der Waals surface area contributed by atoms with Crippen LogP contribution >= 0.6 is 11.3 Å². The number of nitrogens with one attached hydrogen (secondary N) is 2. The number of rotatable bonds is 2. The van der Waals surface area contributed by atoms with Crippen molar-refractivity contribution in [3.8, 4) is 0 Å². The molecular formula is C17H23N3O2S. The van der Waals surface area contributed by atoms with Crippen molar-refractivity contribution in [2.45, 2.75) is 25.2 Å². The van der Waals surface area contributed by atoms with Gasteiger partial charge in [-0.2, -0.15) is 0 Å². The molecule has 5 nitrogen and oxygen atoms in total. The number of piperidine rings is 2. The molecule has 3 aliphatic rings. The first kappa shape index (κ1) is 15.1. The van der Waals surface area contributed by atoms with Crippen LogP contribution in [-0.2, 0) is 9.59 Å². The van der Waals surface area contributed by atoms with Crippen LogP contribution in [0.4, 0.5) is 0 Å². The van der Waals surface area contributed by atoms with E-state index in [4.69, 9.17) is 0 Å². The normalized spacial score (nSPS) is 27.6. The van der Waals surface area contributed by atoms with Crippen LogP contribution in [0.25, 0.3) is 0 Å². The fourth-order valence-electron chi connectivity index (χ4n) is 4.23. The topological polar surface area (TPSA) is 61.4 Å². The van der Waals surface area contributed by atoms with Gasteiger partial charge in [-0.1, -0.05) is 6.07 Å². The van der Waals surface area contributed by atoms with Gasteiger partial charge in [0.1, 0.15) is 0 Å². The molecule has 1 atom stereocenters. The van der Waals surface area contributed by atoms with Gasteiger partial charge in [-0.25, -0.2) is 0 Å². The molecule has 4 rings (SSSR count). The molecule has 4 heterocycles. The standard InChI is InChI=1S/C17H23N3O2S/c21-15-8-17(10-18-11-17)13(9-19-15)16(22)20-5-3-12(4-6-20)14-2-1-7-23-14/h1-2,7,12-13,18H,3-6,8-11H2,(H,19,21). The van der Waals surface area contributed by atoms with Crippen LogP contribution in [0, 0.1) is 11.3 Å². The maximum absolute atomic E-state index is 13.0. The molecule has 0 radical (unpaired) electrons. The van der Waals surface area contributed by atoms with E-state index in [0.717, 1.165) is 39.0 Å². The van der Waals surface area contributed by atoms with Crippen LogP contribution in [-0.4, -0.2) is 49.4 Å². The van der Waals surface area contributed by atoms with E-state index >= 15 is 0 Å². The van der Waals surface area contributed by atoms with Crippen LogP contribution in [0.2, 0.25) is 0 Å². The number of amides is 2. The predicted molar refractivity (Wildman–Crippen MR) is 89.3 cm³/mol. The van der Waals surface area contributed by atoms with E-state index in [-0.39, 0.29) is 23.1 Å². The Balaban J connectivity index is 1.41. The largest absolute Gasteiger partial charge is 0.355 e. The maximum atomic E-state index is 13.0. The average molecular weight is 333 g/mol. The molecule has 1 aromatic rings.